The molecule has 186 valence electrons. The molecule has 1 aromatic heterocycles. The molecule has 0 fully saturated rings. The van der Waals surface area contributed by atoms with Crippen LogP contribution in [0.1, 0.15) is 23.1 Å². The van der Waals surface area contributed by atoms with Crippen LogP contribution in [0, 0.1) is 0 Å². The first-order valence-corrected chi connectivity index (χ1v) is 12.2. The maximum absolute atomic E-state index is 12.3. The number of carbonyl (C=O) groups excluding carboxylic acids is 1. The third-order valence-corrected chi connectivity index (χ3v) is 5.97. The van der Waals surface area contributed by atoms with Crippen LogP contribution in [0.3, 0.4) is 0 Å². The van der Waals surface area contributed by atoms with Gasteiger partial charge in [0.05, 0.1) is 6.61 Å². The van der Waals surface area contributed by atoms with Crippen molar-refractivity contribution in [2.75, 3.05) is 11.9 Å². The SMILES string of the molecule is O=C(CCc1ccc(COc2ccccc2)cc1OCCc1ccc2ccccc2c1)Nc1nnn[nH]1. The Kier molecular flexibility index (Phi) is 7.66. The van der Waals surface area contributed by atoms with Gasteiger partial charge in [0.25, 0.3) is 0 Å². The van der Waals surface area contributed by atoms with Gasteiger partial charge in [-0.2, -0.15) is 0 Å². The molecule has 0 saturated carbocycles. The highest BCUT2D eigenvalue weighted by atomic mass is 16.5. The second-order valence-corrected chi connectivity index (χ2v) is 8.62. The summed E-state index contributed by atoms with van der Waals surface area (Å²) in [5.41, 5.74) is 3.15. The van der Waals surface area contributed by atoms with E-state index in [2.05, 4.69) is 56.3 Å². The fraction of sp³-hybridized carbons (Fsp3) is 0.172. The number of nitrogens with one attached hydrogen (secondary N) is 2. The Balaban J connectivity index is 1.25. The van der Waals surface area contributed by atoms with E-state index >= 15 is 0 Å². The first-order chi connectivity index (χ1) is 18.2. The molecule has 0 bridgehead atoms. The molecule has 0 saturated heterocycles. The summed E-state index contributed by atoms with van der Waals surface area (Å²) in [4.78, 5) is 12.3. The zero-order valence-electron chi connectivity index (χ0n) is 20.3. The van der Waals surface area contributed by atoms with Crippen molar-refractivity contribution in [1.82, 2.24) is 20.6 Å². The minimum Gasteiger partial charge on any atom is -0.493 e. The number of benzene rings is 4. The van der Waals surface area contributed by atoms with Crippen LogP contribution in [0.5, 0.6) is 11.5 Å². The Hall–Kier alpha value is -4.72. The van der Waals surface area contributed by atoms with Gasteiger partial charge in [-0.05, 0) is 62.5 Å². The molecule has 37 heavy (non-hydrogen) atoms. The Morgan fingerprint density at radius 3 is 2.46 bits per heavy atom. The Bertz CT molecular complexity index is 1460. The molecule has 1 heterocycles. The molecule has 0 radical (unpaired) electrons. The quantitative estimate of drug-likeness (QED) is 0.265. The highest BCUT2D eigenvalue weighted by molar-refractivity contribution is 5.89. The second kappa shape index (κ2) is 11.8. The minimum absolute atomic E-state index is 0.183. The van der Waals surface area contributed by atoms with Crippen molar-refractivity contribution in [2.24, 2.45) is 0 Å². The summed E-state index contributed by atoms with van der Waals surface area (Å²) in [6.45, 7) is 0.939. The lowest BCUT2D eigenvalue weighted by Crippen LogP contribution is -2.14. The summed E-state index contributed by atoms with van der Waals surface area (Å²) in [5.74, 6) is 1.61. The van der Waals surface area contributed by atoms with Gasteiger partial charge in [0, 0.05) is 12.8 Å². The number of nitrogens with zero attached hydrogens (tertiary/aromatic N) is 3. The first kappa shape index (κ1) is 24.0. The summed E-state index contributed by atoms with van der Waals surface area (Å²) in [6, 6.07) is 30.5. The van der Waals surface area contributed by atoms with Gasteiger partial charge < -0.3 is 9.47 Å². The van der Waals surface area contributed by atoms with Crippen LogP contribution in [-0.2, 0) is 24.2 Å². The van der Waals surface area contributed by atoms with E-state index in [9.17, 15) is 4.79 Å². The lowest BCUT2D eigenvalue weighted by atomic mass is 10.0. The molecular formula is C29H27N5O3. The number of hydrogen-bond acceptors (Lipinski definition) is 6. The van der Waals surface area contributed by atoms with Gasteiger partial charge in [-0.3, -0.25) is 10.1 Å². The van der Waals surface area contributed by atoms with E-state index in [-0.39, 0.29) is 18.3 Å². The molecule has 0 atom stereocenters. The number of H-pyrrole nitrogens is 1. The summed E-state index contributed by atoms with van der Waals surface area (Å²) in [5, 5.41) is 18.2. The maximum atomic E-state index is 12.3. The lowest BCUT2D eigenvalue weighted by Gasteiger charge is -2.14. The van der Waals surface area contributed by atoms with Crippen LogP contribution in [-0.4, -0.2) is 33.1 Å². The van der Waals surface area contributed by atoms with E-state index in [1.165, 1.54) is 16.3 Å². The average Bonchev–Trinajstić information content (AvgIpc) is 3.45. The molecule has 0 spiro atoms. The average molecular weight is 494 g/mol. The normalized spacial score (nSPS) is 10.8. The van der Waals surface area contributed by atoms with Gasteiger partial charge in [0.1, 0.15) is 18.1 Å². The van der Waals surface area contributed by atoms with E-state index < -0.39 is 0 Å². The highest BCUT2D eigenvalue weighted by Crippen LogP contribution is 2.24. The number of aromatic nitrogens is 4. The summed E-state index contributed by atoms with van der Waals surface area (Å²) >= 11 is 0. The van der Waals surface area contributed by atoms with Crippen molar-refractivity contribution < 1.29 is 14.3 Å². The molecule has 4 aromatic carbocycles. The first-order valence-electron chi connectivity index (χ1n) is 12.2. The van der Waals surface area contributed by atoms with Crippen molar-refractivity contribution >= 4 is 22.6 Å². The Morgan fingerprint density at radius 2 is 1.62 bits per heavy atom. The molecule has 1 amide bonds. The van der Waals surface area contributed by atoms with Crippen molar-refractivity contribution in [3.8, 4) is 11.5 Å². The van der Waals surface area contributed by atoms with Gasteiger partial charge in [-0.1, -0.05) is 77.9 Å². The molecule has 0 aliphatic rings. The van der Waals surface area contributed by atoms with Crippen LogP contribution >= 0.6 is 0 Å². The van der Waals surface area contributed by atoms with Gasteiger partial charge in [0.15, 0.2) is 0 Å². The second-order valence-electron chi connectivity index (χ2n) is 8.62. The van der Waals surface area contributed by atoms with Crippen LogP contribution in [0.15, 0.2) is 91.0 Å². The Morgan fingerprint density at radius 1 is 0.811 bits per heavy atom. The van der Waals surface area contributed by atoms with E-state index in [4.69, 9.17) is 9.47 Å². The maximum Gasteiger partial charge on any atom is 0.246 e. The van der Waals surface area contributed by atoms with Crippen molar-refractivity contribution in [3.05, 3.63) is 108 Å². The summed E-state index contributed by atoms with van der Waals surface area (Å²) < 4.78 is 12.2. The van der Waals surface area contributed by atoms with Gasteiger partial charge >= 0.3 is 0 Å². The fourth-order valence-electron chi connectivity index (χ4n) is 4.04. The standard InChI is InChI=1S/C29H27N5O3/c35-28(30-29-31-33-34-32-29)15-14-24-13-11-22(20-37-26-8-2-1-3-9-26)19-27(24)36-17-16-21-10-12-23-6-4-5-7-25(23)18-21/h1-13,18-19H,14-17,20H2,(H2,30,31,32,33,34,35). The largest absolute Gasteiger partial charge is 0.493 e. The van der Waals surface area contributed by atoms with E-state index in [1.54, 1.807) is 0 Å². The number of ether oxygens (including phenoxy) is 2. The minimum atomic E-state index is -0.183. The number of amides is 1. The molecule has 0 aliphatic carbocycles. The number of para-hydroxylation sites is 1. The topological polar surface area (TPSA) is 102 Å². The van der Waals surface area contributed by atoms with Crippen molar-refractivity contribution in [3.63, 3.8) is 0 Å². The molecule has 8 heteroatoms. The predicted molar refractivity (Wildman–Crippen MR) is 141 cm³/mol. The van der Waals surface area contributed by atoms with Gasteiger partial charge in [-0.15, -0.1) is 0 Å². The van der Waals surface area contributed by atoms with Crippen LogP contribution in [0.4, 0.5) is 5.95 Å². The fourth-order valence-corrected chi connectivity index (χ4v) is 4.04. The molecule has 5 aromatic rings. The van der Waals surface area contributed by atoms with E-state index in [0.717, 1.165) is 29.0 Å². The van der Waals surface area contributed by atoms with E-state index in [0.29, 0.717) is 19.6 Å². The summed E-state index contributed by atoms with van der Waals surface area (Å²) in [6.07, 6.45) is 1.55. The number of tetrazole rings is 1. The molecule has 2 N–H and O–H groups in total. The van der Waals surface area contributed by atoms with Gasteiger partial charge in [0.2, 0.25) is 11.9 Å². The van der Waals surface area contributed by atoms with E-state index in [1.807, 2.05) is 60.7 Å². The summed E-state index contributed by atoms with van der Waals surface area (Å²) in [7, 11) is 0. The van der Waals surface area contributed by atoms with Gasteiger partial charge in [-0.25, -0.2) is 5.10 Å². The zero-order valence-corrected chi connectivity index (χ0v) is 20.3. The molecule has 0 aliphatic heterocycles. The smallest absolute Gasteiger partial charge is 0.246 e. The number of carbonyl (C=O) groups is 1. The Labute approximate surface area is 214 Å². The third-order valence-electron chi connectivity index (χ3n) is 5.97. The number of rotatable bonds is 11. The molecule has 8 nitrogen and oxygen atoms in total. The van der Waals surface area contributed by atoms with Crippen molar-refractivity contribution in [1.29, 1.82) is 0 Å². The predicted octanol–water partition coefficient (Wildman–Crippen LogP) is 5.12. The third kappa shape index (κ3) is 6.70. The monoisotopic (exact) mass is 493 g/mol. The number of fused-ring (bicyclic) bond motifs is 1. The van der Waals surface area contributed by atoms with Crippen LogP contribution < -0.4 is 14.8 Å². The van der Waals surface area contributed by atoms with Crippen molar-refractivity contribution in [2.45, 2.75) is 25.9 Å². The number of anilines is 1. The number of hydrogen-bond donors (Lipinski definition) is 2. The molecule has 5 rings (SSSR count). The number of aromatic amines is 1. The highest BCUT2D eigenvalue weighted by Gasteiger charge is 2.11. The zero-order chi connectivity index (χ0) is 25.3. The van der Waals surface area contributed by atoms with Crippen LogP contribution in [0.2, 0.25) is 0 Å². The van der Waals surface area contributed by atoms with Crippen LogP contribution in [0.25, 0.3) is 10.8 Å². The number of aryl methyl sites for hydroxylation is 1. The molecule has 0 unspecified atom stereocenters. The molecular weight excluding hydrogens is 466 g/mol. The lowest BCUT2D eigenvalue weighted by molar-refractivity contribution is -0.116.